The number of benzene rings is 3. The van der Waals surface area contributed by atoms with Crippen molar-refractivity contribution in [3.8, 4) is 0 Å². The topological polar surface area (TPSA) is 74.6 Å². The zero-order chi connectivity index (χ0) is 19.1. The van der Waals surface area contributed by atoms with Crippen LogP contribution in [-0.4, -0.2) is 22.2 Å². The number of hydrogen-bond donors (Lipinski definition) is 2. The van der Waals surface area contributed by atoms with Crippen LogP contribution in [0.1, 0.15) is 20.8 Å². The summed E-state index contributed by atoms with van der Waals surface area (Å²) >= 11 is 6.22. The third kappa shape index (κ3) is 5.16. The van der Waals surface area contributed by atoms with Crippen molar-refractivity contribution in [2.75, 3.05) is 0 Å². The fourth-order valence-electron chi connectivity index (χ4n) is 2.37. The van der Waals surface area contributed by atoms with Crippen LogP contribution in [0.25, 0.3) is 10.8 Å². The number of alkyl halides is 2. The number of carbonyl (C=O) groups is 2. The first-order valence-corrected chi connectivity index (χ1v) is 9.51. The lowest BCUT2D eigenvalue weighted by atomic mass is 10.0. The predicted octanol–water partition coefficient (Wildman–Crippen LogP) is 5.57. The molecule has 4 nitrogen and oxygen atoms in total. The number of fused-ring (bicyclic) bond motifs is 1. The minimum atomic E-state index is -0.869. The number of rotatable bonds is 4. The monoisotopic (exact) mass is 478 g/mol. The van der Waals surface area contributed by atoms with E-state index in [1.807, 2.05) is 60.7 Å². The van der Waals surface area contributed by atoms with Gasteiger partial charge in [-0.25, -0.2) is 0 Å². The highest BCUT2D eigenvalue weighted by molar-refractivity contribution is 9.09. The maximum Gasteiger partial charge on any atom is 0.321 e. The van der Waals surface area contributed by atoms with E-state index in [0.717, 1.165) is 21.9 Å². The molecule has 2 atom stereocenters. The lowest BCUT2D eigenvalue weighted by molar-refractivity contribution is -0.137. The molecule has 3 aromatic carbocycles. The fourth-order valence-corrected chi connectivity index (χ4v) is 3.07. The third-order valence-corrected chi connectivity index (χ3v) is 5.43. The SMILES string of the molecule is O=C(O)C(Br)c1cccc2ccccc12.O=C(O)C(Br)c1ccccc1. The summed E-state index contributed by atoms with van der Waals surface area (Å²) in [7, 11) is 0. The molecule has 0 aliphatic rings. The number of aliphatic carboxylic acids is 2. The summed E-state index contributed by atoms with van der Waals surface area (Å²) in [5.41, 5.74) is 1.56. The first-order chi connectivity index (χ1) is 12.4. The van der Waals surface area contributed by atoms with E-state index in [-0.39, 0.29) is 0 Å². The normalized spacial score (nSPS) is 12.5. The first kappa shape index (κ1) is 20.1. The zero-order valence-corrected chi connectivity index (χ0v) is 16.7. The molecule has 0 saturated carbocycles. The van der Waals surface area contributed by atoms with Crippen LogP contribution >= 0.6 is 31.9 Å². The van der Waals surface area contributed by atoms with E-state index >= 15 is 0 Å². The molecule has 0 radical (unpaired) electrons. The van der Waals surface area contributed by atoms with Gasteiger partial charge in [0.1, 0.15) is 9.65 Å². The van der Waals surface area contributed by atoms with Gasteiger partial charge in [0.2, 0.25) is 0 Å². The second kappa shape index (κ2) is 9.50. The van der Waals surface area contributed by atoms with Crippen molar-refractivity contribution >= 4 is 54.6 Å². The average molecular weight is 480 g/mol. The standard InChI is InChI=1S/C12H9BrO2.C8H7BrO2/c13-11(12(14)15)10-7-3-5-8-4-1-2-6-9(8)10;9-7(8(10)11)6-4-2-1-3-5-6/h1-7,11H,(H,14,15);1-5,7H,(H,10,11). The van der Waals surface area contributed by atoms with E-state index in [4.69, 9.17) is 10.2 Å². The Hall–Kier alpha value is -2.18. The molecule has 2 N–H and O–H groups in total. The average Bonchev–Trinajstić information content (AvgIpc) is 2.67. The molecule has 0 heterocycles. The Morgan fingerprint density at radius 2 is 1.23 bits per heavy atom. The molecule has 2 unspecified atom stereocenters. The fraction of sp³-hybridized carbons (Fsp3) is 0.100. The molecule has 0 amide bonds. The predicted molar refractivity (Wildman–Crippen MR) is 109 cm³/mol. The van der Waals surface area contributed by atoms with Gasteiger partial charge in [-0.1, -0.05) is 105 Å². The first-order valence-electron chi connectivity index (χ1n) is 7.68. The van der Waals surface area contributed by atoms with Crippen molar-refractivity contribution in [3.63, 3.8) is 0 Å². The van der Waals surface area contributed by atoms with Crippen LogP contribution in [0.5, 0.6) is 0 Å². The smallest absolute Gasteiger partial charge is 0.321 e. The van der Waals surface area contributed by atoms with Gasteiger partial charge in [-0.15, -0.1) is 0 Å². The Bertz CT molecular complexity index is 891. The number of hydrogen-bond acceptors (Lipinski definition) is 2. The van der Waals surface area contributed by atoms with E-state index in [1.165, 1.54) is 0 Å². The van der Waals surface area contributed by atoms with Gasteiger partial charge in [0, 0.05) is 0 Å². The summed E-state index contributed by atoms with van der Waals surface area (Å²) in [6.07, 6.45) is 0. The molecular weight excluding hydrogens is 464 g/mol. The third-order valence-electron chi connectivity index (χ3n) is 3.62. The van der Waals surface area contributed by atoms with E-state index < -0.39 is 21.6 Å². The van der Waals surface area contributed by atoms with Crippen LogP contribution in [0.3, 0.4) is 0 Å². The minimum Gasteiger partial charge on any atom is -0.480 e. The second-order valence-corrected chi connectivity index (χ2v) is 7.21. The van der Waals surface area contributed by atoms with E-state index in [0.29, 0.717) is 0 Å². The van der Waals surface area contributed by atoms with Crippen molar-refractivity contribution < 1.29 is 19.8 Å². The van der Waals surface area contributed by atoms with Crippen LogP contribution in [0, 0.1) is 0 Å². The largest absolute Gasteiger partial charge is 0.480 e. The Morgan fingerprint density at radius 3 is 1.85 bits per heavy atom. The van der Waals surface area contributed by atoms with Gasteiger partial charge < -0.3 is 10.2 Å². The van der Waals surface area contributed by atoms with E-state index in [1.54, 1.807) is 12.1 Å². The van der Waals surface area contributed by atoms with Crippen molar-refractivity contribution in [1.29, 1.82) is 0 Å². The zero-order valence-electron chi connectivity index (χ0n) is 13.5. The van der Waals surface area contributed by atoms with Gasteiger partial charge in [0.15, 0.2) is 0 Å². The van der Waals surface area contributed by atoms with Crippen LogP contribution in [0.4, 0.5) is 0 Å². The molecule has 0 bridgehead atoms. The Morgan fingerprint density at radius 1 is 0.692 bits per heavy atom. The molecule has 0 aromatic heterocycles. The van der Waals surface area contributed by atoms with E-state index in [2.05, 4.69) is 31.9 Å². The van der Waals surface area contributed by atoms with Crippen molar-refractivity contribution in [1.82, 2.24) is 0 Å². The Labute approximate surface area is 167 Å². The molecule has 0 spiro atoms. The van der Waals surface area contributed by atoms with Crippen molar-refractivity contribution in [2.24, 2.45) is 0 Å². The van der Waals surface area contributed by atoms with Gasteiger partial charge >= 0.3 is 11.9 Å². The summed E-state index contributed by atoms with van der Waals surface area (Å²) in [6.45, 7) is 0. The van der Waals surface area contributed by atoms with Gasteiger partial charge in [0.25, 0.3) is 0 Å². The van der Waals surface area contributed by atoms with Gasteiger partial charge in [-0.2, -0.15) is 0 Å². The summed E-state index contributed by atoms with van der Waals surface area (Å²) in [6, 6.07) is 22.4. The van der Waals surface area contributed by atoms with Crippen LogP contribution in [-0.2, 0) is 9.59 Å². The highest BCUT2D eigenvalue weighted by Crippen LogP contribution is 2.29. The van der Waals surface area contributed by atoms with Crippen molar-refractivity contribution in [3.05, 3.63) is 83.9 Å². The quantitative estimate of drug-likeness (QED) is 0.480. The molecule has 0 saturated heterocycles. The molecule has 26 heavy (non-hydrogen) atoms. The molecular formula is C20H16Br2O4. The molecule has 0 aliphatic carbocycles. The van der Waals surface area contributed by atoms with Gasteiger partial charge in [-0.3, -0.25) is 9.59 Å². The molecule has 134 valence electrons. The number of halogens is 2. The summed E-state index contributed by atoms with van der Waals surface area (Å²) < 4.78 is 0. The lowest BCUT2D eigenvalue weighted by Gasteiger charge is -2.08. The van der Waals surface area contributed by atoms with E-state index in [9.17, 15) is 9.59 Å². The second-order valence-electron chi connectivity index (χ2n) is 5.38. The molecule has 6 heteroatoms. The number of carboxylic acids is 2. The van der Waals surface area contributed by atoms with Crippen molar-refractivity contribution in [2.45, 2.75) is 9.65 Å². The molecule has 0 aliphatic heterocycles. The Balaban J connectivity index is 0.000000197. The molecule has 3 aromatic rings. The summed E-state index contributed by atoms with van der Waals surface area (Å²) in [5, 5.41) is 19.6. The minimum absolute atomic E-state index is 0.594. The maximum absolute atomic E-state index is 10.9. The van der Waals surface area contributed by atoms with Crippen LogP contribution in [0.2, 0.25) is 0 Å². The van der Waals surface area contributed by atoms with Gasteiger partial charge in [-0.05, 0) is 21.9 Å². The van der Waals surface area contributed by atoms with Crippen LogP contribution < -0.4 is 0 Å². The maximum atomic E-state index is 10.9. The lowest BCUT2D eigenvalue weighted by Crippen LogP contribution is -2.04. The van der Waals surface area contributed by atoms with Gasteiger partial charge in [0.05, 0.1) is 0 Å². The molecule has 0 fully saturated rings. The summed E-state index contributed by atoms with van der Waals surface area (Å²) in [5.74, 6) is -1.73. The highest BCUT2D eigenvalue weighted by atomic mass is 79.9. The van der Waals surface area contributed by atoms with Crippen LogP contribution in [0.15, 0.2) is 72.8 Å². The number of carboxylic acid groups (broad SMARTS) is 2. The Kier molecular flexibility index (Phi) is 7.36. The summed E-state index contributed by atoms with van der Waals surface area (Å²) in [4.78, 5) is 20.1. The highest BCUT2D eigenvalue weighted by Gasteiger charge is 2.17. The molecule has 3 rings (SSSR count).